The zero-order chi connectivity index (χ0) is 20.0. The number of aromatic hydroxyl groups is 1. The number of halogens is 1. The fourth-order valence-electron chi connectivity index (χ4n) is 2.76. The van der Waals surface area contributed by atoms with E-state index in [1.807, 2.05) is 0 Å². The molecule has 1 amide bonds. The van der Waals surface area contributed by atoms with Crippen LogP contribution in [0.2, 0.25) is 0 Å². The monoisotopic (exact) mass is 373 g/mol. The van der Waals surface area contributed by atoms with Crippen LogP contribution in [0, 0.1) is 11.7 Å². The summed E-state index contributed by atoms with van der Waals surface area (Å²) in [6.07, 6.45) is 0.365. The fraction of sp³-hybridized carbons (Fsp3) is 0.333. The molecule has 0 aromatic heterocycles. The zero-order valence-electron chi connectivity index (χ0n) is 15.7. The van der Waals surface area contributed by atoms with E-state index < -0.39 is 17.3 Å². The first kappa shape index (κ1) is 20.4. The van der Waals surface area contributed by atoms with E-state index in [9.17, 15) is 19.1 Å². The molecule has 5 nitrogen and oxygen atoms in total. The Morgan fingerprint density at radius 1 is 1.11 bits per heavy atom. The lowest BCUT2D eigenvalue weighted by molar-refractivity contribution is -0.145. The van der Waals surface area contributed by atoms with E-state index in [1.165, 1.54) is 19.2 Å². The highest BCUT2D eigenvalue weighted by atomic mass is 19.1. The smallest absolute Gasteiger partial charge is 0.310 e. The summed E-state index contributed by atoms with van der Waals surface area (Å²) < 4.78 is 18.0. The minimum atomic E-state index is -0.882. The number of benzene rings is 2. The van der Waals surface area contributed by atoms with E-state index in [1.54, 1.807) is 50.2 Å². The second kappa shape index (κ2) is 8.66. The molecule has 0 aliphatic rings. The third-order valence-corrected chi connectivity index (χ3v) is 4.60. The van der Waals surface area contributed by atoms with E-state index in [-0.39, 0.29) is 24.0 Å². The van der Waals surface area contributed by atoms with Gasteiger partial charge in [-0.05, 0) is 55.7 Å². The molecule has 0 heterocycles. The summed E-state index contributed by atoms with van der Waals surface area (Å²) in [4.78, 5) is 24.8. The van der Waals surface area contributed by atoms with Crippen molar-refractivity contribution >= 4 is 11.9 Å². The van der Waals surface area contributed by atoms with Gasteiger partial charge in [0, 0.05) is 6.54 Å². The quantitative estimate of drug-likeness (QED) is 0.732. The second-order valence-electron chi connectivity index (χ2n) is 6.93. The predicted octanol–water partition coefficient (Wildman–Crippen LogP) is 2.96. The van der Waals surface area contributed by atoms with Gasteiger partial charge in [-0.1, -0.05) is 24.3 Å². The topological polar surface area (TPSA) is 75.6 Å². The summed E-state index contributed by atoms with van der Waals surface area (Å²) in [5.74, 6) is -1.48. The average molecular weight is 373 g/mol. The summed E-state index contributed by atoms with van der Waals surface area (Å²) in [6.45, 7) is 3.59. The number of phenols is 1. The van der Waals surface area contributed by atoms with Crippen LogP contribution in [-0.4, -0.2) is 30.6 Å². The van der Waals surface area contributed by atoms with Crippen LogP contribution in [0.1, 0.15) is 25.0 Å². The molecule has 0 fully saturated rings. The van der Waals surface area contributed by atoms with Gasteiger partial charge in [0.25, 0.3) is 0 Å². The first-order chi connectivity index (χ1) is 12.7. The highest BCUT2D eigenvalue weighted by molar-refractivity contribution is 5.87. The molecule has 0 radical (unpaired) electrons. The Bertz CT molecular complexity index is 785. The lowest BCUT2D eigenvalue weighted by Gasteiger charge is -2.25. The van der Waals surface area contributed by atoms with Gasteiger partial charge in [0.15, 0.2) is 0 Å². The number of amides is 1. The van der Waals surface area contributed by atoms with Crippen molar-refractivity contribution in [1.29, 1.82) is 0 Å². The van der Waals surface area contributed by atoms with Crippen molar-refractivity contribution in [3.63, 3.8) is 0 Å². The van der Waals surface area contributed by atoms with Crippen molar-refractivity contribution < 1.29 is 23.8 Å². The van der Waals surface area contributed by atoms with E-state index in [0.29, 0.717) is 12.0 Å². The lowest BCUT2D eigenvalue weighted by atomic mass is 9.83. The molecular formula is C21H24FNO4. The van der Waals surface area contributed by atoms with Gasteiger partial charge in [0.05, 0.1) is 18.4 Å². The van der Waals surface area contributed by atoms with Gasteiger partial charge in [-0.3, -0.25) is 9.59 Å². The SMILES string of the molecule is COC(=O)C(CNC(=O)C(C)(C)c1ccc(F)cc1)Cc1ccc(O)cc1. The summed E-state index contributed by atoms with van der Waals surface area (Å²) in [5, 5.41) is 12.2. The summed E-state index contributed by atoms with van der Waals surface area (Å²) >= 11 is 0. The molecule has 2 aromatic carbocycles. The van der Waals surface area contributed by atoms with Crippen molar-refractivity contribution in [3.05, 3.63) is 65.5 Å². The number of ether oxygens (including phenoxy) is 1. The third-order valence-electron chi connectivity index (χ3n) is 4.60. The maximum Gasteiger partial charge on any atom is 0.310 e. The Balaban J connectivity index is 2.06. The minimum Gasteiger partial charge on any atom is -0.508 e. The number of hydrogen-bond donors (Lipinski definition) is 2. The Hall–Kier alpha value is -2.89. The van der Waals surface area contributed by atoms with Crippen LogP contribution in [0.3, 0.4) is 0 Å². The van der Waals surface area contributed by atoms with Gasteiger partial charge < -0.3 is 15.2 Å². The van der Waals surface area contributed by atoms with E-state index in [0.717, 1.165) is 5.56 Å². The molecule has 0 saturated heterocycles. The van der Waals surface area contributed by atoms with Crippen molar-refractivity contribution in [2.24, 2.45) is 5.92 Å². The third kappa shape index (κ3) is 5.29. The molecule has 1 atom stereocenters. The molecule has 2 rings (SSSR count). The summed E-state index contributed by atoms with van der Waals surface area (Å²) in [6, 6.07) is 12.3. The number of rotatable bonds is 7. The van der Waals surface area contributed by atoms with Crippen LogP contribution in [0.4, 0.5) is 4.39 Å². The molecule has 0 aliphatic heterocycles. The number of nitrogens with one attached hydrogen (secondary N) is 1. The lowest BCUT2D eigenvalue weighted by Crippen LogP contribution is -2.43. The van der Waals surface area contributed by atoms with E-state index in [4.69, 9.17) is 4.74 Å². The Morgan fingerprint density at radius 3 is 2.26 bits per heavy atom. The number of carbonyl (C=O) groups excluding carboxylic acids is 2. The minimum absolute atomic E-state index is 0.108. The van der Waals surface area contributed by atoms with Crippen LogP contribution in [0.5, 0.6) is 5.75 Å². The van der Waals surface area contributed by atoms with Gasteiger partial charge in [0.2, 0.25) is 5.91 Å². The molecule has 0 bridgehead atoms. The first-order valence-corrected chi connectivity index (χ1v) is 8.64. The zero-order valence-corrected chi connectivity index (χ0v) is 15.7. The molecule has 2 N–H and O–H groups in total. The van der Waals surface area contributed by atoms with Crippen LogP contribution < -0.4 is 5.32 Å². The molecule has 0 spiro atoms. The Labute approximate surface area is 158 Å². The van der Waals surface area contributed by atoms with Gasteiger partial charge in [-0.2, -0.15) is 0 Å². The van der Waals surface area contributed by atoms with Crippen LogP contribution in [0.15, 0.2) is 48.5 Å². The van der Waals surface area contributed by atoms with Gasteiger partial charge >= 0.3 is 5.97 Å². The predicted molar refractivity (Wildman–Crippen MR) is 99.8 cm³/mol. The summed E-state index contributed by atoms with van der Waals surface area (Å²) in [5.41, 5.74) is 0.636. The van der Waals surface area contributed by atoms with Crippen molar-refractivity contribution in [1.82, 2.24) is 5.32 Å². The molecule has 1 unspecified atom stereocenters. The van der Waals surface area contributed by atoms with Crippen molar-refractivity contribution in [2.75, 3.05) is 13.7 Å². The Morgan fingerprint density at radius 2 is 1.70 bits per heavy atom. The molecule has 6 heteroatoms. The standard InChI is InChI=1S/C21H24FNO4/c1-21(2,16-6-8-17(22)9-7-16)20(26)23-13-15(19(25)27-3)12-14-4-10-18(24)11-5-14/h4-11,15,24H,12-13H2,1-3H3,(H,23,26). The van der Waals surface area contributed by atoms with Crippen molar-refractivity contribution in [3.8, 4) is 5.75 Å². The highest BCUT2D eigenvalue weighted by Gasteiger charge is 2.31. The maximum atomic E-state index is 13.1. The molecular weight excluding hydrogens is 349 g/mol. The van der Waals surface area contributed by atoms with Crippen molar-refractivity contribution in [2.45, 2.75) is 25.7 Å². The van der Waals surface area contributed by atoms with E-state index in [2.05, 4.69) is 5.32 Å². The normalized spacial score (nSPS) is 12.3. The molecule has 144 valence electrons. The van der Waals surface area contributed by atoms with Gasteiger partial charge in [-0.15, -0.1) is 0 Å². The first-order valence-electron chi connectivity index (χ1n) is 8.64. The molecule has 0 aliphatic carbocycles. The largest absolute Gasteiger partial charge is 0.508 e. The highest BCUT2D eigenvalue weighted by Crippen LogP contribution is 2.24. The second-order valence-corrected chi connectivity index (χ2v) is 6.93. The maximum absolute atomic E-state index is 13.1. The molecule has 0 saturated carbocycles. The molecule has 2 aromatic rings. The van der Waals surface area contributed by atoms with Crippen LogP contribution in [-0.2, 0) is 26.2 Å². The number of esters is 1. The number of methoxy groups -OCH3 is 1. The number of phenolic OH excluding ortho intramolecular Hbond substituents is 1. The Kier molecular flexibility index (Phi) is 6.55. The fourth-order valence-corrected chi connectivity index (χ4v) is 2.76. The average Bonchev–Trinajstić information content (AvgIpc) is 2.66. The number of carbonyl (C=O) groups is 2. The van der Waals surface area contributed by atoms with Crippen LogP contribution >= 0.6 is 0 Å². The van der Waals surface area contributed by atoms with Gasteiger partial charge in [0.1, 0.15) is 11.6 Å². The summed E-state index contributed by atoms with van der Waals surface area (Å²) in [7, 11) is 1.30. The van der Waals surface area contributed by atoms with Crippen LogP contribution in [0.25, 0.3) is 0 Å². The molecule has 27 heavy (non-hydrogen) atoms. The number of hydrogen-bond acceptors (Lipinski definition) is 4. The van der Waals surface area contributed by atoms with Gasteiger partial charge in [-0.25, -0.2) is 4.39 Å². The van der Waals surface area contributed by atoms with E-state index >= 15 is 0 Å².